The molecule has 0 atom stereocenters. The van der Waals surface area contributed by atoms with E-state index in [4.69, 9.17) is 4.74 Å². The molecule has 0 unspecified atom stereocenters. The molecule has 0 radical (unpaired) electrons. The number of aryl methyl sites for hydroxylation is 1. The molecule has 1 heterocycles. The van der Waals surface area contributed by atoms with Crippen LogP contribution in [0.4, 0.5) is 11.4 Å². The van der Waals surface area contributed by atoms with Crippen LogP contribution in [0.5, 0.6) is 5.75 Å². The maximum absolute atomic E-state index is 12.8. The average Bonchev–Trinajstić information content (AvgIpc) is 3.11. The summed E-state index contributed by atoms with van der Waals surface area (Å²) >= 11 is 0. The highest BCUT2D eigenvalue weighted by Crippen LogP contribution is 2.24. The molecule has 4 rings (SSSR count). The molecule has 0 spiro atoms. The van der Waals surface area contributed by atoms with Crippen molar-refractivity contribution in [2.45, 2.75) is 0 Å². The number of benzene rings is 3. The van der Waals surface area contributed by atoms with Crippen LogP contribution in [0.15, 0.2) is 79.0 Å². The third-order valence-corrected chi connectivity index (χ3v) is 4.90. The van der Waals surface area contributed by atoms with Crippen LogP contribution in [-0.4, -0.2) is 23.5 Å². The van der Waals surface area contributed by atoms with Gasteiger partial charge in [0.2, 0.25) is 0 Å². The molecule has 0 saturated heterocycles. The molecule has 3 aromatic carbocycles. The molecule has 6 nitrogen and oxygen atoms in total. The number of carbonyl (C=O) groups is 2. The monoisotopic (exact) mass is 399 g/mol. The van der Waals surface area contributed by atoms with Crippen molar-refractivity contribution in [2.75, 3.05) is 17.7 Å². The number of anilines is 2. The van der Waals surface area contributed by atoms with Gasteiger partial charge in [0.15, 0.2) is 0 Å². The molecule has 150 valence electrons. The van der Waals surface area contributed by atoms with E-state index in [2.05, 4.69) is 10.6 Å². The molecule has 2 N–H and O–H groups in total. The number of nitrogens with one attached hydrogen (secondary N) is 2. The van der Waals surface area contributed by atoms with Crippen molar-refractivity contribution in [1.82, 2.24) is 4.57 Å². The summed E-state index contributed by atoms with van der Waals surface area (Å²) in [6, 6.07) is 21.7. The molecule has 0 aliphatic rings. The van der Waals surface area contributed by atoms with Crippen LogP contribution in [0.2, 0.25) is 0 Å². The lowest BCUT2D eigenvalue weighted by atomic mass is 10.1. The minimum absolute atomic E-state index is 0.196. The first-order valence-electron chi connectivity index (χ1n) is 9.46. The van der Waals surface area contributed by atoms with E-state index in [1.54, 1.807) is 43.5 Å². The highest BCUT2D eigenvalue weighted by molar-refractivity contribution is 6.13. The van der Waals surface area contributed by atoms with Gasteiger partial charge in [0, 0.05) is 35.4 Å². The van der Waals surface area contributed by atoms with Crippen LogP contribution in [0.3, 0.4) is 0 Å². The molecule has 0 fully saturated rings. The van der Waals surface area contributed by atoms with Crippen LogP contribution in [-0.2, 0) is 7.05 Å². The molecular formula is C24H21N3O3. The first kappa shape index (κ1) is 19.3. The van der Waals surface area contributed by atoms with Gasteiger partial charge in [-0.2, -0.15) is 0 Å². The van der Waals surface area contributed by atoms with Crippen molar-refractivity contribution in [3.05, 3.63) is 90.1 Å². The van der Waals surface area contributed by atoms with Crippen molar-refractivity contribution in [3.8, 4) is 5.75 Å². The summed E-state index contributed by atoms with van der Waals surface area (Å²) in [7, 11) is 3.46. The molecule has 2 amide bonds. The van der Waals surface area contributed by atoms with Gasteiger partial charge in [0.25, 0.3) is 11.8 Å². The van der Waals surface area contributed by atoms with Gasteiger partial charge in [0.1, 0.15) is 5.75 Å². The van der Waals surface area contributed by atoms with Crippen molar-refractivity contribution >= 4 is 34.1 Å². The Morgan fingerprint density at radius 1 is 0.833 bits per heavy atom. The quantitative estimate of drug-likeness (QED) is 0.511. The average molecular weight is 399 g/mol. The van der Waals surface area contributed by atoms with Gasteiger partial charge in [-0.25, -0.2) is 0 Å². The lowest BCUT2D eigenvalue weighted by molar-refractivity contribution is 0.102. The molecule has 30 heavy (non-hydrogen) atoms. The van der Waals surface area contributed by atoms with Crippen molar-refractivity contribution < 1.29 is 14.3 Å². The Balaban J connectivity index is 1.48. The van der Waals surface area contributed by atoms with Gasteiger partial charge in [-0.05, 0) is 42.5 Å². The van der Waals surface area contributed by atoms with Crippen LogP contribution < -0.4 is 15.4 Å². The van der Waals surface area contributed by atoms with Gasteiger partial charge in [-0.3, -0.25) is 9.59 Å². The molecule has 0 bridgehead atoms. The Labute approximate surface area is 174 Å². The number of para-hydroxylation sites is 3. The Bertz CT molecular complexity index is 1230. The lowest BCUT2D eigenvalue weighted by Crippen LogP contribution is -2.14. The summed E-state index contributed by atoms with van der Waals surface area (Å²) in [5.41, 5.74) is 3.28. The van der Waals surface area contributed by atoms with E-state index in [0.29, 0.717) is 28.3 Å². The number of fused-ring (bicyclic) bond motifs is 1. The summed E-state index contributed by atoms with van der Waals surface area (Å²) in [4.78, 5) is 25.3. The third kappa shape index (κ3) is 3.75. The molecule has 0 saturated carbocycles. The zero-order chi connectivity index (χ0) is 21.1. The predicted octanol–water partition coefficient (Wildman–Crippen LogP) is 4.69. The van der Waals surface area contributed by atoms with Crippen LogP contribution in [0, 0.1) is 0 Å². The lowest BCUT2D eigenvalue weighted by Gasteiger charge is -2.10. The summed E-state index contributed by atoms with van der Waals surface area (Å²) < 4.78 is 7.18. The molecule has 1 aromatic heterocycles. The van der Waals surface area contributed by atoms with E-state index in [9.17, 15) is 9.59 Å². The fraction of sp³-hybridized carbons (Fsp3) is 0.0833. The summed E-state index contributed by atoms with van der Waals surface area (Å²) in [5.74, 6) is 0.134. The minimum atomic E-state index is -0.258. The highest BCUT2D eigenvalue weighted by Gasteiger charge is 2.14. The topological polar surface area (TPSA) is 72.4 Å². The van der Waals surface area contributed by atoms with Crippen molar-refractivity contribution in [1.29, 1.82) is 0 Å². The van der Waals surface area contributed by atoms with Gasteiger partial charge in [0.05, 0.1) is 18.4 Å². The maximum Gasteiger partial charge on any atom is 0.257 e. The fourth-order valence-electron chi connectivity index (χ4n) is 3.37. The number of carbonyl (C=O) groups excluding carboxylic acids is 2. The van der Waals surface area contributed by atoms with Gasteiger partial charge in [-0.1, -0.05) is 30.3 Å². The predicted molar refractivity (Wildman–Crippen MR) is 118 cm³/mol. The molecule has 6 heteroatoms. The summed E-state index contributed by atoms with van der Waals surface area (Å²) in [6.07, 6.45) is 1.81. The number of methoxy groups -OCH3 is 1. The Hall–Kier alpha value is -4.06. The SMILES string of the molecule is COc1ccccc1NC(=O)c1ccc(NC(=O)c2cn(C)c3ccccc23)cc1. The molecular weight excluding hydrogens is 378 g/mol. The van der Waals surface area contributed by atoms with Gasteiger partial charge < -0.3 is 19.9 Å². The summed E-state index contributed by atoms with van der Waals surface area (Å²) in [5, 5.41) is 6.62. The third-order valence-electron chi connectivity index (χ3n) is 4.90. The van der Waals surface area contributed by atoms with Crippen LogP contribution >= 0.6 is 0 Å². The van der Waals surface area contributed by atoms with E-state index < -0.39 is 0 Å². The van der Waals surface area contributed by atoms with E-state index in [1.807, 2.05) is 54.2 Å². The second-order valence-electron chi connectivity index (χ2n) is 6.86. The molecule has 4 aromatic rings. The van der Waals surface area contributed by atoms with Crippen LogP contribution in [0.1, 0.15) is 20.7 Å². The van der Waals surface area contributed by atoms with Gasteiger partial charge >= 0.3 is 0 Å². The normalized spacial score (nSPS) is 10.6. The van der Waals surface area contributed by atoms with E-state index in [-0.39, 0.29) is 11.8 Å². The number of aromatic nitrogens is 1. The standard InChI is InChI=1S/C24H21N3O3/c1-27-15-19(18-7-3-5-9-21(18)27)24(29)25-17-13-11-16(12-14-17)23(28)26-20-8-4-6-10-22(20)30-2/h3-15H,1-2H3,(H,25,29)(H,26,28). The smallest absolute Gasteiger partial charge is 0.257 e. The number of amides is 2. The first-order chi connectivity index (χ1) is 14.6. The summed E-state index contributed by atoms with van der Waals surface area (Å²) in [6.45, 7) is 0. The number of nitrogens with zero attached hydrogens (tertiary/aromatic N) is 1. The van der Waals surface area contributed by atoms with E-state index in [1.165, 1.54) is 0 Å². The fourth-order valence-corrected chi connectivity index (χ4v) is 3.37. The Morgan fingerprint density at radius 3 is 2.30 bits per heavy atom. The van der Waals surface area contributed by atoms with E-state index in [0.717, 1.165) is 10.9 Å². The van der Waals surface area contributed by atoms with Gasteiger partial charge in [-0.15, -0.1) is 0 Å². The molecule has 0 aliphatic heterocycles. The number of rotatable bonds is 5. The number of hydrogen-bond acceptors (Lipinski definition) is 3. The van der Waals surface area contributed by atoms with Crippen molar-refractivity contribution in [2.24, 2.45) is 7.05 Å². The van der Waals surface area contributed by atoms with Crippen molar-refractivity contribution in [3.63, 3.8) is 0 Å². The second-order valence-corrected chi connectivity index (χ2v) is 6.86. The zero-order valence-corrected chi connectivity index (χ0v) is 16.7. The minimum Gasteiger partial charge on any atom is -0.495 e. The maximum atomic E-state index is 12.8. The number of hydrogen-bond donors (Lipinski definition) is 2. The molecule has 0 aliphatic carbocycles. The highest BCUT2D eigenvalue weighted by atomic mass is 16.5. The number of ether oxygens (including phenoxy) is 1. The Kier molecular flexibility index (Phi) is 5.22. The largest absolute Gasteiger partial charge is 0.495 e. The van der Waals surface area contributed by atoms with E-state index >= 15 is 0 Å². The first-order valence-corrected chi connectivity index (χ1v) is 9.46. The zero-order valence-electron chi connectivity index (χ0n) is 16.7. The van der Waals surface area contributed by atoms with Crippen LogP contribution in [0.25, 0.3) is 10.9 Å². The Morgan fingerprint density at radius 2 is 1.53 bits per heavy atom. The second kappa shape index (κ2) is 8.13.